The van der Waals surface area contributed by atoms with Crippen LogP contribution in [0.25, 0.3) is 6.08 Å². The number of amides is 1. The molecule has 1 amide bonds. The van der Waals surface area contributed by atoms with Gasteiger partial charge < -0.3 is 9.47 Å². The van der Waals surface area contributed by atoms with Crippen LogP contribution in [0.4, 0.5) is 5.69 Å². The molecule has 0 spiro atoms. The van der Waals surface area contributed by atoms with Gasteiger partial charge in [-0.3, -0.25) is 9.69 Å². The minimum absolute atomic E-state index is 0.156. The van der Waals surface area contributed by atoms with Crippen molar-refractivity contribution in [2.45, 2.75) is 27.4 Å². The van der Waals surface area contributed by atoms with Gasteiger partial charge in [-0.1, -0.05) is 72.0 Å². The van der Waals surface area contributed by atoms with Gasteiger partial charge in [-0.05, 0) is 73.4 Å². The maximum absolute atomic E-state index is 13.2. The second kappa shape index (κ2) is 10.6. The maximum atomic E-state index is 13.2. The van der Waals surface area contributed by atoms with Crippen LogP contribution in [-0.4, -0.2) is 16.8 Å². The maximum Gasteiger partial charge on any atom is 0.270 e. The molecule has 0 unspecified atom stereocenters. The summed E-state index contributed by atoms with van der Waals surface area (Å²) in [6, 6.07) is 19.3. The first-order valence-electron chi connectivity index (χ1n) is 10.9. The Bertz CT molecular complexity index is 1270. The molecule has 7 heteroatoms. The quantitative estimate of drug-likeness (QED) is 0.246. The minimum Gasteiger partial charge on any atom is -0.490 e. The first kappa shape index (κ1) is 24.3. The number of benzene rings is 3. The first-order valence-corrected chi connectivity index (χ1v) is 12.5. The number of rotatable bonds is 7. The fraction of sp³-hybridized carbons (Fsp3) is 0.185. The Hall–Kier alpha value is -2.80. The molecular weight excluding hydrogens is 486 g/mol. The Balaban J connectivity index is 1.61. The highest BCUT2D eigenvalue weighted by atomic mass is 35.5. The van der Waals surface area contributed by atoms with Crippen LogP contribution in [0.1, 0.15) is 29.2 Å². The van der Waals surface area contributed by atoms with Crippen LogP contribution in [0.2, 0.25) is 5.02 Å². The number of halogens is 1. The number of thioether (sulfide) groups is 1. The fourth-order valence-electron chi connectivity index (χ4n) is 3.51. The molecular formula is C27H24ClNO3S2. The molecule has 4 rings (SSSR count). The lowest BCUT2D eigenvalue weighted by Crippen LogP contribution is -2.27. The van der Waals surface area contributed by atoms with Crippen LogP contribution in [0.15, 0.2) is 65.6 Å². The van der Waals surface area contributed by atoms with Crippen molar-refractivity contribution < 1.29 is 14.3 Å². The van der Waals surface area contributed by atoms with Crippen molar-refractivity contribution in [1.82, 2.24) is 0 Å². The predicted octanol–water partition coefficient (Wildman–Crippen LogP) is 7.34. The van der Waals surface area contributed by atoms with E-state index in [0.29, 0.717) is 39.0 Å². The lowest BCUT2D eigenvalue weighted by molar-refractivity contribution is -0.113. The molecule has 1 aliphatic rings. The van der Waals surface area contributed by atoms with Crippen molar-refractivity contribution in [1.29, 1.82) is 0 Å². The van der Waals surface area contributed by atoms with Gasteiger partial charge >= 0.3 is 0 Å². The van der Waals surface area contributed by atoms with Crippen LogP contribution in [0, 0.1) is 13.8 Å². The van der Waals surface area contributed by atoms with E-state index in [9.17, 15) is 4.79 Å². The zero-order chi connectivity index (χ0) is 24.2. The van der Waals surface area contributed by atoms with Crippen LogP contribution in [0.3, 0.4) is 0 Å². The van der Waals surface area contributed by atoms with Gasteiger partial charge in [-0.2, -0.15) is 0 Å². The molecule has 4 nitrogen and oxygen atoms in total. The summed E-state index contributed by atoms with van der Waals surface area (Å²) in [5.74, 6) is 0.853. The molecule has 0 radical (unpaired) electrons. The third-order valence-corrected chi connectivity index (χ3v) is 6.98. The van der Waals surface area contributed by atoms with E-state index in [-0.39, 0.29) is 5.91 Å². The Morgan fingerprint density at radius 1 is 1.03 bits per heavy atom. The van der Waals surface area contributed by atoms with Crippen LogP contribution < -0.4 is 14.4 Å². The Morgan fingerprint density at radius 3 is 2.50 bits per heavy atom. The second-order valence-corrected chi connectivity index (χ2v) is 9.91. The van der Waals surface area contributed by atoms with Crippen molar-refractivity contribution in [3.8, 4) is 11.5 Å². The van der Waals surface area contributed by atoms with Crippen molar-refractivity contribution in [2.24, 2.45) is 0 Å². The number of carbonyl (C=O) groups excluding carboxylic acids is 1. The summed E-state index contributed by atoms with van der Waals surface area (Å²) >= 11 is 13.4. The number of anilines is 1. The average molecular weight is 510 g/mol. The van der Waals surface area contributed by atoms with Crippen molar-refractivity contribution in [2.75, 3.05) is 11.5 Å². The smallest absolute Gasteiger partial charge is 0.270 e. The molecule has 0 atom stereocenters. The number of thiocarbonyl (C=S) groups is 1. The van der Waals surface area contributed by atoms with E-state index in [1.807, 2.05) is 75.4 Å². The topological polar surface area (TPSA) is 38.8 Å². The lowest BCUT2D eigenvalue weighted by Gasteiger charge is -2.16. The summed E-state index contributed by atoms with van der Waals surface area (Å²) in [4.78, 5) is 15.3. The summed E-state index contributed by atoms with van der Waals surface area (Å²) in [6.45, 7) is 6.78. The molecule has 0 aliphatic carbocycles. The SMILES string of the molecule is CCOc1cc(/C=C2\SC(=S)N(c3ccc(C)c(C)c3)C2=O)cc(Cl)c1OCc1ccccc1. The number of hydrogen-bond donors (Lipinski definition) is 0. The number of nitrogens with zero attached hydrogens (tertiary/aromatic N) is 1. The molecule has 1 fully saturated rings. The van der Waals surface area contributed by atoms with Crippen LogP contribution in [-0.2, 0) is 11.4 Å². The predicted molar refractivity (Wildman–Crippen MR) is 145 cm³/mol. The van der Waals surface area contributed by atoms with E-state index in [4.69, 9.17) is 33.3 Å². The molecule has 3 aromatic rings. The third-order valence-electron chi connectivity index (χ3n) is 5.40. The van der Waals surface area contributed by atoms with Gasteiger partial charge in [0.15, 0.2) is 15.8 Å². The third kappa shape index (κ3) is 5.30. The monoisotopic (exact) mass is 509 g/mol. The molecule has 0 aromatic heterocycles. The zero-order valence-corrected chi connectivity index (χ0v) is 21.5. The average Bonchev–Trinajstić information content (AvgIpc) is 3.08. The summed E-state index contributed by atoms with van der Waals surface area (Å²) in [5.41, 5.74) is 4.81. The zero-order valence-electron chi connectivity index (χ0n) is 19.1. The van der Waals surface area contributed by atoms with Gasteiger partial charge in [-0.15, -0.1) is 0 Å². The van der Waals surface area contributed by atoms with Crippen molar-refractivity contribution >= 4 is 57.6 Å². The van der Waals surface area contributed by atoms with E-state index < -0.39 is 0 Å². The fourth-order valence-corrected chi connectivity index (χ4v) is 5.08. The van der Waals surface area contributed by atoms with Gasteiger partial charge in [0.05, 0.1) is 22.2 Å². The molecule has 1 aliphatic heterocycles. The van der Waals surface area contributed by atoms with Crippen molar-refractivity contribution in [3.63, 3.8) is 0 Å². The van der Waals surface area contributed by atoms with E-state index in [2.05, 4.69) is 0 Å². The summed E-state index contributed by atoms with van der Waals surface area (Å²) in [7, 11) is 0. The van der Waals surface area contributed by atoms with E-state index in [1.165, 1.54) is 11.8 Å². The molecule has 1 saturated heterocycles. The van der Waals surface area contributed by atoms with Crippen LogP contribution in [0.5, 0.6) is 11.5 Å². The molecule has 0 bridgehead atoms. The van der Waals surface area contributed by atoms with E-state index in [0.717, 1.165) is 27.9 Å². The highest BCUT2D eigenvalue weighted by Gasteiger charge is 2.33. The molecule has 0 saturated carbocycles. The van der Waals surface area contributed by atoms with Gasteiger partial charge in [0.1, 0.15) is 6.61 Å². The molecule has 174 valence electrons. The van der Waals surface area contributed by atoms with Gasteiger partial charge in [0.25, 0.3) is 5.91 Å². The Labute approximate surface area is 214 Å². The van der Waals surface area contributed by atoms with Crippen molar-refractivity contribution in [3.05, 3.63) is 92.8 Å². The molecule has 1 heterocycles. The Morgan fingerprint density at radius 2 is 1.79 bits per heavy atom. The number of hydrogen-bond acceptors (Lipinski definition) is 5. The molecule has 0 N–H and O–H groups in total. The van der Waals surface area contributed by atoms with E-state index in [1.54, 1.807) is 17.0 Å². The van der Waals surface area contributed by atoms with Gasteiger partial charge in [0, 0.05) is 0 Å². The second-order valence-electron chi connectivity index (χ2n) is 7.82. The van der Waals surface area contributed by atoms with Gasteiger partial charge in [0.2, 0.25) is 0 Å². The highest BCUT2D eigenvalue weighted by molar-refractivity contribution is 8.27. The summed E-state index contributed by atoms with van der Waals surface area (Å²) in [5, 5.41) is 0.415. The minimum atomic E-state index is -0.156. The first-order chi connectivity index (χ1) is 16.4. The normalized spacial score (nSPS) is 14.7. The van der Waals surface area contributed by atoms with E-state index >= 15 is 0 Å². The molecule has 3 aromatic carbocycles. The lowest BCUT2D eigenvalue weighted by atomic mass is 10.1. The van der Waals surface area contributed by atoms with Gasteiger partial charge in [-0.25, -0.2) is 0 Å². The number of ether oxygens (including phenoxy) is 2. The molecule has 34 heavy (non-hydrogen) atoms. The van der Waals surface area contributed by atoms with Crippen LogP contribution >= 0.6 is 35.6 Å². The largest absolute Gasteiger partial charge is 0.490 e. The standard InChI is InChI=1S/C27H24ClNO3S2/c1-4-31-23-14-20(13-22(28)25(23)32-16-19-8-6-5-7-9-19)15-24-26(30)29(27(33)34-24)21-11-10-17(2)18(3)12-21/h5-15H,4,16H2,1-3H3/b24-15-. The Kier molecular flexibility index (Phi) is 7.61. The summed E-state index contributed by atoms with van der Waals surface area (Å²) in [6.07, 6.45) is 1.79. The summed E-state index contributed by atoms with van der Waals surface area (Å²) < 4.78 is 12.3. The number of aryl methyl sites for hydroxylation is 2. The highest BCUT2D eigenvalue weighted by Crippen LogP contribution is 2.40. The number of carbonyl (C=O) groups is 1.